The van der Waals surface area contributed by atoms with Crippen LogP contribution in [0.4, 0.5) is 0 Å². The minimum atomic E-state index is -0.196. The van der Waals surface area contributed by atoms with Crippen molar-refractivity contribution >= 4 is 11.8 Å². The molecule has 1 fully saturated rings. The number of morpholine rings is 1. The predicted molar refractivity (Wildman–Crippen MR) is 89.4 cm³/mol. The molecule has 0 radical (unpaired) electrons. The topological polar surface area (TPSA) is 71.5 Å². The molecule has 1 N–H and O–H groups in total. The van der Waals surface area contributed by atoms with Crippen molar-refractivity contribution < 1.29 is 14.3 Å². The van der Waals surface area contributed by atoms with Crippen molar-refractivity contribution in [3.05, 3.63) is 53.9 Å². The summed E-state index contributed by atoms with van der Waals surface area (Å²) in [7, 11) is 3.38. The Hall–Kier alpha value is -2.73. The highest BCUT2D eigenvalue weighted by Gasteiger charge is 2.29. The van der Waals surface area contributed by atoms with Crippen LogP contribution in [0.5, 0.6) is 0 Å². The molecule has 0 aliphatic carbocycles. The van der Waals surface area contributed by atoms with Gasteiger partial charge in [0.25, 0.3) is 5.91 Å². The van der Waals surface area contributed by atoms with Gasteiger partial charge in [0.15, 0.2) is 0 Å². The van der Waals surface area contributed by atoms with Crippen LogP contribution in [0.2, 0.25) is 0 Å². The first-order valence-corrected chi connectivity index (χ1v) is 7.71. The van der Waals surface area contributed by atoms with Gasteiger partial charge in [0, 0.05) is 37.6 Å². The molecule has 2 heterocycles. The average molecular weight is 325 g/mol. The lowest BCUT2D eigenvalue weighted by Gasteiger charge is -2.33. The largest absolute Gasteiger partial charge is 0.369 e. The molecule has 1 aromatic heterocycles. The summed E-state index contributed by atoms with van der Waals surface area (Å²) in [6.45, 7) is 0.533. The van der Waals surface area contributed by atoms with Gasteiger partial charge in [-0.15, -0.1) is 0 Å². The maximum Gasteiger partial charge on any atom is 0.251 e. The molecule has 1 aliphatic heterocycles. The zero-order chi connectivity index (χ0) is 17.1. The molecule has 1 saturated heterocycles. The lowest BCUT2D eigenvalue weighted by molar-refractivity contribution is -0.146. The average Bonchev–Trinajstić information content (AvgIpc) is 2.63. The minimum absolute atomic E-state index is 0.0554. The molecule has 1 atom stereocenters. The Kier molecular flexibility index (Phi) is 4.57. The summed E-state index contributed by atoms with van der Waals surface area (Å²) in [5.74, 6) is -0.194. The summed E-state index contributed by atoms with van der Waals surface area (Å²) in [5.41, 5.74) is 3.33. The Labute approximate surface area is 140 Å². The van der Waals surface area contributed by atoms with Gasteiger partial charge in [-0.3, -0.25) is 14.6 Å². The summed E-state index contributed by atoms with van der Waals surface area (Å²) in [4.78, 5) is 29.7. The van der Waals surface area contributed by atoms with Crippen LogP contribution in [0, 0.1) is 0 Å². The fourth-order valence-electron chi connectivity index (χ4n) is 2.85. The Morgan fingerprint density at radius 3 is 3.00 bits per heavy atom. The Morgan fingerprint density at radius 1 is 1.38 bits per heavy atom. The molecule has 6 nitrogen and oxygen atoms in total. The number of ether oxygens (including phenoxy) is 1. The predicted octanol–water partition coefficient (Wildman–Crippen LogP) is 1.64. The van der Waals surface area contributed by atoms with Gasteiger partial charge in [-0.05, 0) is 29.3 Å². The van der Waals surface area contributed by atoms with Crippen LogP contribution in [0.25, 0.3) is 11.1 Å². The van der Waals surface area contributed by atoms with E-state index in [0.717, 1.165) is 16.7 Å². The minimum Gasteiger partial charge on any atom is -0.369 e. The number of carbonyl (C=O) groups is 2. The van der Waals surface area contributed by atoms with Gasteiger partial charge in [-0.1, -0.05) is 12.1 Å². The van der Waals surface area contributed by atoms with Gasteiger partial charge < -0.3 is 15.0 Å². The van der Waals surface area contributed by atoms with E-state index >= 15 is 0 Å². The van der Waals surface area contributed by atoms with Gasteiger partial charge in [0.05, 0.1) is 12.6 Å². The molecule has 3 rings (SSSR count). The molecule has 0 saturated carbocycles. The number of nitrogens with zero attached hydrogens (tertiary/aromatic N) is 2. The lowest BCUT2D eigenvalue weighted by atomic mass is 9.94. The first-order valence-electron chi connectivity index (χ1n) is 7.71. The SMILES string of the molecule is CNC(=O)c1cccc(-c2ccncc2C2COCC(=O)N2C)c1. The highest BCUT2D eigenvalue weighted by atomic mass is 16.5. The molecule has 124 valence electrons. The number of benzene rings is 1. The molecule has 1 aromatic carbocycles. The third kappa shape index (κ3) is 3.00. The third-order valence-corrected chi connectivity index (χ3v) is 4.24. The number of carbonyl (C=O) groups excluding carboxylic acids is 2. The molecular weight excluding hydrogens is 306 g/mol. The van der Waals surface area contributed by atoms with Gasteiger partial charge in [0.2, 0.25) is 5.91 Å². The van der Waals surface area contributed by atoms with Crippen molar-refractivity contribution in [2.45, 2.75) is 6.04 Å². The fourth-order valence-corrected chi connectivity index (χ4v) is 2.85. The van der Waals surface area contributed by atoms with Gasteiger partial charge in [0.1, 0.15) is 6.61 Å². The summed E-state index contributed by atoms with van der Waals surface area (Å²) >= 11 is 0. The lowest BCUT2D eigenvalue weighted by Crippen LogP contribution is -2.41. The Morgan fingerprint density at radius 2 is 2.21 bits per heavy atom. The smallest absolute Gasteiger partial charge is 0.251 e. The van der Waals surface area contributed by atoms with Gasteiger partial charge >= 0.3 is 0 Å². The zero-order valence-electron chi connectivity index (χ0n) is 13.7. The number of pyridine rings is 1. The number of hydrogen-bond donors (Lipinski definition) is 1. The molecule has 0 bridgehead atoms. The second-order valence-electron chi connectivity index (χ2n) is 5.66. The molecule has 2 amide bonds. The molecule has 24 heavy (non-hydrogen) atoms. The van der Waals surface area contributed by atoms with Crippen molar-refractivity contribution in [2.24, 2.45) is 0 Å². The Balaban J connectivity index is 2.04. The monoisotopic (exact) mass is 325 g/mol. The van der Waals surface area contributed by atoms with E-state index in [1.165, 1.54) is 0 Å². The second-order valence-corrected chi connectivity index (χ2v) is 5.66. The van der Waals surface area contributed by atoms with Crippen LogP contribution in [0.3, 0.4) is 0 Å². The van der Waals surface area contributed by atoms with Crippen molar-refractivity contribution in [1.82, 2.24) is 15.2 Å². The van der Waals surface area contributed by atoms with E-state index in [-0.39, 0.29) is 24.5 Å². The van der Waals surface area contributed by atoms with E-state index in [1.54, 1.807) is 37.5 Å². The van der Waals surface area contributed by atoms with E-state index in [1.807, 2.05) is 24.3 Å². The van der Waals surface area contributed by atoms with Crippen LogP contribution in [0.15, 0.2) is 42.7 Å². The molecule has 1 unspecified atom stereocenters. The van der Waals surface area contributed by atoms with Gasteiger partial charge in [-0.25, -0.2) is 0 Å². The number of nitrogens with one attached hydrogen (secondary N) is 1. The summed E-state index contributed by atoms with van der Waals surface area (Å²) < 4.78 is 5.41. The first kappa shape index (κ1) is 16.1. The normalized spacial score (nSPS) is 17.7. The zero-order valence-corrected chi connectivity index (χ0v) is 13.7. The quantitative estimate of drug-likeness (QED) is 0.931. The van der Waals surface area contributed by atoms with Crippen molar-refractivity contribution in [3.63, 3.8) is 0 Å². The molecule has 2 aromatic rings. The van der Waals surface area contributed by atoms with Crippen LogP contribution in [-0.4, -0.2) is 49.0 Å². The second kappa shape index (κ2) is 6.80. The van der Waals surface area contributed by atoms with Crippen molar-refractivity contribution in [2.75, 3.05) is 27.3 Å². The maximum absolute atomic E-state index is 11.9. The summed E-state index contributed by atoms with van der Waals surface area (Å²) in [6, 6.07) is 9.09. The number of hydrogen-bond acceptors (Lipinski definition) is 4. The van der Waals surface area contributed by atoms with E-state index in [9.17, 15) is 9.59 Å². The van der Waals surface area contributed by atoms with E-state index in [4.69, 9.17) is 4.74 Å². The van der Waals surface area contributed by atoms with E-state index < -0.39 is 0 Å². The molecule has 0 spiro atoms. The van der Waals surface area contributed by atoms with Crippen LogP contribution in [-0.2, 0) is 9.53 Å². The number of rotatable bonds is 3. The van der Waals surface area contributed by atoms with Crippen LogP contribution >= 0.6 is 0 Å². The van der Waals surface area contributed by atoms with Crippen molar-refractivity contribution in [1.29, 1.82) is 0 Å². The molecule has 1 aliphatic rings. The van der Waals surface area contributed by atoms with Gasteiger partial charge in [-0.2, -0.15) is 0 Å². The highest BCUT2D eigenvalue weighted by Crippen LogP contribution is 2.32. The highest BCUT2D eigenvalue weighted by molar-refractivity contribution is 5.95. The summed E-state index contributed by atoms with van der Waals surface area (Å²) in [6.07, 6.45) is 3.46. The first-order chi connectivity index (χ1) is 11.6. The number of likely N-dealkylation sites (N-methyl/N-ethyl adjacent to an activating group) is 1. The standard InChI is InChI=1S/C18H19N3O3/c1-19-18(23)13-5-3-4-12(8-13)14-6-7-20-9-15(14)16-10-24-11-17(22)21(16)2/h3-9,16H,10-11H2,1-2H3,(H,19,23). The summed E-state index contributed by atoms with van der Waals surface area (Å²) in [5, 5.41) is 2.63. The van der Waals surface area contributed by atoms with Crippen LogP contribution in [0.1, 0.15) is 22.0 Å². The molecular formula is C18H19N3O3. The number of amides is 2. The van der Waals surface area contributed by atoms with E-state index in [0.29, 0.717) is 12.2 Å². The third-order valence-electron chi connectivity index (χ3n) is 4.24. The van der Waals surface area contributed by atoms with E-state index in [2.05, 4.69) is 10.3 Å². The molecule has 6 heteroatoms. The fraction of sp³-hybridized carbons (Fsp3) is 0.278. The number of aromatic nitrogens is 1. The maximum atomic E-state index is 11.9. The Bertz CT molecular complexity index is 776. The van der Waals surface area contributed by atoms with Crippen molar-refractivity contribution in [3.8, 4) is 11.1 Å². The van der Waals surface area contributed by atoms with Crippen LogP contribution < -0.4 is 5.32 Å².